The van der Waals surface area contributed by atoms with E-state index in [0.717, 1.165) is 23.8 Å². The molecule has 2 N–H and O–H groups in total. The van der Waals surface area contributed by atoms with Gasteiger partial charge in [0.25, 0.3) is 0 Å². The number of piperidine rings is 1. The fourth-order valence-electron chi connectivity index (χ4n) is 4.19. The van der Waals surface area contributed by atoms with Crippen LogP contribution in [-0.2, 0) is 0 Å². The van der Waals surface area contributed by atoms with Crippen molar-refractivity contribution < 1.29 is 0 Å². The highest BCUT2D eigenvalue weighted by Crippen LogP contribution is 2.34. The van der Waals surface area contributed by atoms with Crippen LogP contribution < -0.4 is 5.73 Å². The first-order valence-electron chi connectivity index (χ1n) is 7.97. The largest absolute Gasteiger partial charge is 0.327 e. The van der Waals surface area contributed by atoms with Gasteiger partial charge in [0, 0.05) is 25.2 Å². The van der Waals surface area contributed by atoms with Gasteiger partial charge in [0.15, 0.2) is 0 Å². The normalized spacial score (nSPS) is 47.2. The highest BCUT2D eigenvalue weighted by atomic mass is 15.2. The Morgan fingerprint density at radius 1 is 1.00 bits per heavy atom. The van der Waals surface area contributed by atoms with Crippen LogP contribution >= 0.6 is 0 Å². The van der Waals surface area contributed by atoms with Gasteiger partial charge in [-0.05, 0) is 56.3 Å². The zero-order valence-electron chi connectivity index (χ0n) is 12.7. The summed E-state index contributed by atoms with van der Waals surface area (Å²) in [6, 6.07) is 1.19. The fraction of sp³-hybridized carbons (Fsp3) is 1.00. The average Bonchev–Trinajstić information content (AvgIpc) is 2.28. The molecule has 0 aromatic carbocycles. The number of hydrogen-bond donors (Lipinski definition) is 1. The Labute approximate surface area is 113 Å². The standard InChI is InChI=1S/C16H32N2/c1-11-5-6-14(4)18(9-11)10-15-13(3)7-12(2)8-16(15)17/h11-16H,5-10,17H2,1-4H3. The van der Waals surface area contributed by atoms with Crippen molar-refractivity contribution in [2.75, 3.05) is 13.1 Å². The lowest BCUT2D eigenvalue weighted by atomic mass is 9.72. The van der Waals surface area contributed by atoms with Gasteiger partial charge in [0.1, 0.15) is 0 Å². The molecule has 6 unspecified atom stereocenters. The molecule has 2 fully saturated rings. The van der Waals surface area contributed by atoms with Crippen molar-refractivity contribution in [1.82, 2.24) is 4.90 Å². The zero-order valence-corrected chi connectivity index (χ0v) is 12.7. The molecule has 1 aliphatic heterocycles. The van der Waals surface area contributed by atoms with Crippen LogP contribution in [0.3, 0.4) is 0 Å². The van der Waals surface area contributed by atoms with Crippen LogP contribution in [0.5, 0.6) is 0 Å². The van der Waals surface area contributed by atoms with Gasteiger partial charge in [-0.25, -0.2) is 0 Å². The number of nitrogens with zero attached hydrogens (tertiary/aromatic N) is 1. The third kappa shape index (κ3) is 3.27. The predicted octanol–water partition coefficient (Wildman–Crippen LogP) is 3.12. The first-order valence-corrected chi connectivity index (χ1v) is 7.97. The van der Waals surface area contributed by atoms with E-state index in [1.807, 2.05) is 0 Å². The number of nitrogens with two attached hydrogens (primary N) is 1. The molecule has 0 aromatic rings. The molecule has 0 aromatic heterocycles. The van der Waals surface area contributed by atoms with Crippen molar-refractivity contribution in [1.29, 1.82) is 0 Å². The smallest absolute Gasteiger partial charge is 0.00844 e. The lowest BCUT2D eigenvalue weighted by Gasteiger charge is -2.44. The van der Waals surface area contributed by atoms with Crippen LogP contribution in [0.15, 0.2) is 0 Å². The summed E-state index contributed by atoms with van der Waals surface area (Å²) < 4.78 is 0. The molecule has 6 atom stereocenters. The second-order valence-electron chi connectivity index (χ2n) is 7.37. The van der Waals surface area contributed by atoms with E-state index in [-0.39, 0.29) is 0 Å². The molecule has 1 saturated heterocycles. The van der Waals surface area contributed by atoms with Crippen molar-refractivity contribution in [3.8, 4) is 0 Å². The quantitative estimate of drug-likeness (QED) is 0.818. The summed E-state index contributed by atoms with van der Waals surface area (Å²) >= 11 is 0. The minimum atomic E-state index is 0.424. The molecule has 0 bridgehead atoms. The minimum absolute atomic E-state index is 0.424. The predicted molar refractivity (Wildman–Crippen MR) is 78.5 cm³/mol. The van der Waals surface area contributed by atoms with Crippen molar-refractivity contribution >= 4 is 0 Å². The fourth-order valence-corrected chi connectivity index (χ4v) is 4.19. The van der Waals surface area contributed by atoms with E-state index < -0.39 is 0 Å². The van der Waals surface area contributed by atoms with E-state index in [1.54, 1.807) is 0 Å². The van der Waals surface area contributed by atoms with E-state index in [2.05, 4.69) is 32.6 Å². The average molecular weight is 252 g/mol. The summed E-state index contributed by atoms with van der Waals surface area (Å²) in [4.78, 5) is 2.71. The summed E-state index contributed by atoms with van der Waals surface area (Å²) in [5.74, 6) is 3.21. The van der Waals surface area contributed by atoms with Crippen LogP contribution in [0, 0.1) is 23.7 Å². The van der Waals surface area contributed by atoms with Gasteiger partial charge in [-0.1, -0.05) is 20.8 Å². The van der Waals surface area contributed by atoms with Crippen molar-refractivity contribution in [3.63, 3.8) is 0 Å². The molecule has 106 valence electrons. The molecule has 2 aliphatic rings. The Morgan fingerprint density at radius 2 is 1.72 bits per heavy atom. The highest BCUT2D eigenvalue weighted by Gasteiger charge is 2.34. The molecule has 1 heterocycles. The monoisotopic (exact) mass is 252 g/mol. The van der Waals surface area contributed by atoms with Crippen LogP contribution in [-0.4, -0.2) is 30.1 Å². The minimum Gasteiger partial charge on any atom is -0.327 e. The topological polar surface area (TPSA) is 29.3 Å². The maximum absolute atomic E-state index is 6.43. The molecule has 0 spiro atoms. The molecular weight excluding hydrogens is 220 g/mol. The molecule has 18 heavy (non-hydrogen) atoms. The van der Waals surface area contributed by atoms with Crippen LogP contribution in [0.1, 0.15) is 53.4 Å². The van der Waals surface area contributed by atoms with Crippen molar-refractivity contribution in [3.05, 3.63) is 0 Å². The van der Waals surface area contributed by atoms with Gasteiger partial charge < -0.3 is 10.6 Å². The lowest BCUT2D eigenvalue weighted by Crippen LogP contribution is -2.50. The van der Waals surface area contributed by atoms with Gasteiger partial charge in [-0.2, -0.15) is 0 Å². The third-order valence-corrected chi connectivity index (χ3v) is 5.42. The number of likely N-dealkylation sites (tertiary alicyclic amines) is 1. The first-order chi connectivity index (χ1) is 8.47. The van der Waals surface area contributed by atoms with Gasteiger partial charge in [-0.15, -0.1) is 0 Å². The van der Waals surface area contributed by atoms with E-state index in [0.29, 0.717) is 12.0 Å². The third-order valence-electron chi connectivity index (χ3n) is 5.42. The van der Waals surface area contributed by atoms with Gasteiger partial charge in [0.05, 0.1) is 0 Å². The molecular formula is C16H32N2. The first kappa shape index (κ1) is 14.3. The van der Waals surface area contributed by atoms with E-state index in [1.165, 1.54) is 38.8 Å². The zero-order chi connectivity index (χ0) is 13.3. The molecule has 2 rings (SSSR count). The summed E-state index contributed by atoms with van der Waals surface area (Å²) in [5, 5.41) is 0. The SMILES string of the molecule is CC1CC(C)C(CN2CC(C)CCC2C)C(N)C1. The maximum atomic E-state index is 6.43. The molecule has 2 heteroatoms. The number of rotatable bonds is 2. The van der Waals surface area contributed by atoms with Crippen LogP contribution in [0.25, 0.3) is 0 Å². The Morgan fingerprint density at radius 3 is 2.39 bits per heavy atom. The second kappa shape index (κ2) is 5.92. The summed E-state index contributed by atoms with van der Waals surface area (Å²) in [6.45, 7) is 12.1. The Kier molecular flexibility index (Phi) is 4.71. The number of hydrogen-bond acceptors (Lipinski definition) is 2. The van der Waals surface area contributed by atoms with Crippen LogP contribution in [0.2, 0.25) is 0 Å². The lowest BCUT2D eigenvalue weighted by molar-refractivity contribution is 0.0621. The Hall–Kier alpha value is -0.0800. The van der Waals surface area contributed by atoms with Crippen molar-refractivity contribution in [2.24, 2.45) is 29.4 Å². The van der Waals surface area contributed by atoms with Gasteiger partial charge in [0.2, 0.25) is 0 Å². The van der Waals surface area contributed by atoms with E-state index in [4.69, 9.17) is 5.73 Å². The Bertz CT molecular complexity index is 254. The molecule has 1 saturated carbocycles. The second-order valence-corrected chi connectivity index (χ2v) is 7.37. The summed E-state index contributed by atoms with van der Waals surface area (Å²) in [5.41, 5.74) is 6.43. The maximum Gasteiger partial charge on any atom is 0.00844 e. The van der Waals surface area contributed by atoms with Gasteiger partial charge in [-0.3, -0.25) is 0 Å². The highest BCUT2D eigenvalue weighted by molar-refractivity contribution is 4.89. The molecule has 0 amide bonds. The van der Waals surface area contributed by atoms with Gasteiger partial charge >= 0.3 is 0 Å². The van der Waals surface area contributed by atoms with E-state index in [9.17, 15) is 0 Å². The Balaban J connectivity index is 1.94. The molecule has 1 aliphatic carbocycles. The van der Waals surface area contributed by atoms with Crippen LogP contribution in [0.4, 0.5) is 0 Å². The van der Waals surface area contributed by atoms with E-state index >= 15 is 0 Å². The molecule has 0 radical (unpaired) electrons. The van der Waals surface area contributed by atoms with Crippen molar-refractivity contribution in [2.45, 2.75) is 65.5 Å². The summed E-state index contributed by atoms with van der Waals surface area (Å²) in [6.07, 6.45) is 5.37. The molecule has 2 nitrogen and oxygen atoms in total. The summed E-state index contributed by atoms with van der Waals surface area (Å²) in [7, 11) is 0.